The molecule has 110 valence electrons. The molecule has 8 nitrogen and oxygen atoms in total. The van der Waals surface area contributed by atoms with E-state index in [-0.39, 0.29) is 24.6 Å². The second-order valence-corrected chi connectivity index (χ2v) is 6.54. The summed E-state index contributed by atoms with van der Waals surface area (Å²) in [4.78, 5) is 23.8. The number of nitrogens with zero attached hydrogens (tertiary/aromatic N) is 1. The maximum atomic E-state index is 11.8. The smallest absolute Gasteiger partial charge is 0.334 e. The molecule has 0 aromatic carbocycles. The molecule has 19 heavy (non-hydrogen) atoms. The Labute approximate surface area is 111 Å². The van der Waals surface area contributed by atoms with Gasteiger partial charge in [-0.1, -0.05) is 0 Å². The molecule has 1 saturated heterocycles. The predicted molar refractivity (Wildman–Crippen MR) is 66.7 cm³/mol. The van der Waals surface area contributed by atoms with Gasteiger partial charge in [-0.05, 0) is 6.42 Å². The molecular weight excluding hydrogens is 276 g/mol. The van der Waals surface area contributed by atoms with Crippen molar-refractivity contribution in [3.05, 3.63) is 0 Å². The van der Waals surface area contributed by atoms with Gasteiger partial charge in [-0.25, -0.2) is 18.0 Å². The number of carboxylic acids is 1. The van der Waals surface area contributed by atoms with Crippen LogP contribution in [0.5, 0.6) is 0 Å². The Morgan fingerprint density at radius 3 is 2.63 bits per heavy atom. The van der Waals surface area contributed by atoms with Gasteiger partial charge in [-0.3, -0.25) is 0 Å². The predicted octanol–water partition coefficient (Wildman–Crippen LogP) is -1.08. The average molecular weight is 294 g/mol. The van der Waals surface area contributed by atoms with Crippen LogP contribution in [0, 0.1) is 0 Å². The highest BCUT2D eigenvalue weighted by Crippen LogP contribution is 2.05. The molecule has 1 fully saturated rings. The van der Waals surface area contributed by atoms with Crippen LogP contribution in [0.4, 0.5) is 4.79 Å². The third-order valence-electron chi connectivity index (χ3n) is 2.84. The van der Waals surface area contributed by atoms with Gasteiger partial charge in [0.15, 0.2) is 15.9 Å². The van der Waals surface area contributed by atoms with E-state index in [1.807, 2.05) is 0 Å². The SMILES string of the molecule is COC(CNC(=O)N1CCCS(=O)(=O)CC1)C(=O)O. The number of carbonyl (C=O) groups excluding carboxylic acids is 1. The molecule has 0 bridgehead atoms. The lowest BCUT2D eigenvalue weighted by Gasteiger charge is -2.21. The topological polar surface area (TPSA) is 113 Å². The molecule has 2 amide bonds. The summed E-state index contributed by atoms with van der Waals surface area (Å²) in [6.45, 7) is 0.308. The minimum absolute atomic E-state index is 0.0624. The van der Waals surface area contributed by atoms with Crippen molar-refractivity contribution in [1.29, 1.82) is 0 Å². The van der Waals surface area contributed by atoms with Crippen LogP contribution >= 0.6 is 0 Å². The van der Waals surface area contributed by atoms with Crippen molar-refractivity contribution in [1.82, 2.24) is 10.2 Å². The maximum absolute atomic E-state index is 11.8. The first-order valence-electron chi connectivity index (χ1n) is 5.84. The molecule has 0 saturated carbocycles. The number of hydrogen-bond donors (Lipinski definition) is 2. The number of hydrogen-bond acceptors (Lipinski definition) is 5. The molecular formula is C10H18N2O6S. The van der Waals surface area contributed by atoms with Gasteiger partial charge in [-0.2, -0.15) is 0 Å². The number of aliphatic carboxylic acids is 1. The van der Waals surface area contributed by atoms with Crippen molar-refractivity contribution < 1.29 is 27.9 Å². The van der Waals surface area contributed by atoms with Crippen LogP contribution in [0.3, 0.4) is 0 Å². The molecule has 1 aliphatic heterocycles. The van der Waals surface area contributed by atoms with Crippen LogP contribution in [0.15, 0.2) is 0 Å². The monoisotopic (exact) mass is 294 g/mol. The number of carboxylic acid groups (broad SMARTS) is 1. The number of amides is 2. The fraction of sp³-hybridized carbons (Fsp3) is 0.800. The average Bonchev–Trinajstić information content (AvgIpc) is 2.50. The van der Waals surface area contributed by atoms with Gasteiger partial charge < -0.3 is 20.1 Å². The lowest BCUT2D eigenvalue weighted by atomic mass is 10.3. The molecule has 2 N–H and O–H groups in total. The van der Waals surface area contributed by atoms with Gasteiger partial charge in [0.1, 0.15) is 0 Å². The summed E-state index contributed by atoms with van der Waals surface area (Å²) < 4.78 is 27.4. The molecule has 1 heterocycles. The Balaban J connectivity index is 2.47. The summed E-state index contributed by atoms with van der Waals surface area (Å²) in [5.74, 6) is -1.15. The Morgan fingerprint density at radius 2 is 2.05 bits per heavy atom. The van der Waals surface area contributed by atoms with E-state index in [1.165, 1.54) is 12.0 Å². The second kappa shape index (κ2) is 6.71. The highest BCUT2D eigenvalue weighted by Gasteiger charge is 2.24. The van der Waals surface area contributed by atoms with Crippen LogP contribution in [0.1, 0.15) is 6.42 Å². The molecule has 9 heteroatoms. The van der Waals surface area contributed by atoms with Crippen LogP contribution < -0.4 is 5.32 Å². The van der Waals surface area contributed by atoms with E-state index in [0.717, 1.165) is 0 Å². The van der Waals surface area contributed by atoms with Gasteiger partial charge in [0.2, 0.25) is 0 Å². The molecule has 1 unspecified atom stereocenters. The van der Waals surface area contributed by atoms with E-state index in [9.17, 15) is 18.0 Å². The number of rotatable bonds is 4. The standard InChI is InChI=1S/C10H18N2O6S/c1-18-8(9(13)14)7-11-10(15)12-3-2-5-19(16,17)6-4-12/h8H,2-7H2,1H3,(H,11,15)(H,13,14). The number of sulfone groups is 1. The maximum Gasteiger partial charge on any atom is 0.334 e. The van der Waals surface area contributed by atoms with E-state index in [0.29, 0.717) is 13.0 Å². The van der Waals surface area contributed by atoms with Crippen LogP contribution in [-0.4, -0.2) is 74.8 Å². The van der Waals surface area contributed by atoms with E-state index in [4.69, 9.17) is 5.11 Å². The second-order valence-electron chi connectivity index (χ2n) is 4.24. The van der Waals surface area contributed by atoms with E-state index >= 15 is 0 Å². The van der Waals surface area contributed by atoms with Gasteiger partial charge >= 0.3 is 12.0 Å². The largest absolute Gasteiger partial charge is 0.479 e. The third-order valence-corrected chi connectivity index (χ3v) is 4.56. The number of nitrogens with one attached hydrogen (secondary N) is 1. The molecule has 1 atom stereocenters. The number of carbonyl (C=O) groups is 2. The first-order valence-corrected chi connectivity index (χ1v) is 7.66. The van der Waals surface area contributed by atoms with Crippen molar-refractivity contribution >= 4 is 21.8 Å². The zero-order chi connectivity index (χ0) is 14.5. The van der Waals surface area contributed by atoms with Gasteiger partial charge in [-0.15, -0.1) is 0 Å². The first-order chi connectivity index (χ1) is 8.85. The molecule has 0 spiro atoms. The summed E-state index contributed by atoms with van der Waals surface area (Å²) in [5.41, 5.74) is 0. The molecule has 0 aromatic rings. The molecule has 0 aromatic heterocycles. The van der Waals surface area contributed by atoms with Gasteiger partial charge in [0.25, 0.3) is 0 Å². The Morgan fingerprint density at radius 1 is 1.37 bits per heavy atom. The highest BCUT2D eigenvalue weighted by atomic mass is 32.2. The summed E-state index contributed by atoms with van der Waals surface area (Å²) >= 11 is 0. The zero-order valence-corrected chi connectivity index (χ0v) is 11.5. The third kappa shape index (κ3) is 5.03. The van der Waals surface area contributed by atoms with E-state index < -0.39 is 27.9 Å². The van der Waals surface area contributed by atoms with Crippen molar-refractivity contribution in [2.45, 2.75) is 12.5 Å². The summed E-state index contributed by atoms with van der Waals surface area (Å²) in [6, 6.07) is -0.472. The van der Waals surface area contributed by atoms with Crippen LogP contribution in [0.2, 0.25) is 0 Å². The normalized spacial score (nSPS) is 20.4. The Bertz CT molecular complexity index is 435. The zero-order valence-electron chi connectivity index (χ0n) is 10.7. The Kier molecular flexibility index (Phi) is 5.55. The van der Waals surface area contributed by atoms with Crippen molar-refractivity contribution in [2.75, 3.05) is 38.2 Å². The molecule has 0 radical (unpaired) electrons. The van der Waals surface area contributed by atoms with E-state index in [1.54, 1.807) is 0 Å². The lowest BCUT2D eigenvalue weighted by molar-refractivity contribution is -0.148. The number of urea groups is 1. The highest BCUT2D eigenvalue weighted by molar-refractivity contribution is 7.91. The van der Waals surface area contributed by atoms with Crippen molar-refractivity contribution in [3.8, 4) is 0 Å². The van der Waals surface area contributed by atoms with Crippen LogP contribution in [0.25, 0.3) is 0 Å². The number of ether oxygens (including phenoxy) is 1. The fourth-order valence-electron chi connectivity index (χ4n) is 1.70. The quantitative estimate of drug-likeness (QED) is 0.681. The van der Waals surface area contributed by atoms with Crippen molar-refractivity contribution in [3.63, 3.8) is 0 Å². The van der Waals surface area contributed by atoms with Crippen LogP contribution in [-0.2, 0) is 19.4 Å². The molecule has 1 aliphatic rings. The summed E-state index contributed by atoms with van der Waals surface area (Å²) in [7, 11) is -1.84. The fourth-order valence-corrected chi connectivity index (χ4v) is 2.98. The lowest BCUT2D eigenvalue weighted by Crippen LogP contribution is -2.45. The molecule has 0 aliphatic carbocycles. The Hall–Kier alpha value is -1.35. The number of methoxy groups -OCH3 is 1. The first kappa shape index (κ1) is 15.7. The van der Waals surface area contributed by atoms with Gasteiger partial charge in [0, 0.05) is 20.2 Å². The van der Waals surface area contributed by atoms with Gasteiger partial charge in [0.05, 0.1) is 18.1 Å². The summed E-state index contributed by atoms with van der Waals surface area (Å²) in [6.07, 6.45) is -0.720. The minimum Gasteiger partial charge on any atom is -0.479 e. The van der Waals surface area contributed by atoms with E-state index in [2.05, 4.69) is 10.1 Å². The van der Waals surface area contributed by atoms with Crippen molar-refractivity contribution in [2.24, 2.45) is 0 Å². The minimum atomic E-state index is -3.08. The molecule has 1 rings (SSSR count). The summed E-state index contributed by atoms with van der Waals surface area (Å²) in [5, 5.41) is 11.2.